The summed E-state index contributed by atoms with van der Waals surface area (Å²) < 4.78 is 5.30. The number of fused-ring (bicyclic) bond motifs is 3. The number of carbonyl (C=O) groups is 1. The number of H-pyrrole nitrogens is 1. The van der Waals surface area contributed by atoms with Crippen molar-refractivity contribution >= 4 is 27.8 Å². The SMILES string of the molecule is CCc1c(C(=O)OC(C)C)ncc2[nH]c3ccccc3c12. The van der Waals surface area contributed by atoms with Crippen LogP contribution in [-0.4, -0.2) is 22.0 Å². The van der Waals surface area contributed by atoms with Crippen LogP contribution < -0.4 is 0 Å². The zero-order valence-electron chi connectivity index (χ0n) is 12.4. The molecular formula is C17H18N2O2. The summed E-state index contributed by atoms with van der Waals surface area (Å²) >= 11 is 0. The van der Waals surface area contributed by atoms with Gasteiger partial charge >= 0.3 is 5.97 Å². The smallest absolute Gasteiger partial charge is 0.357 e. The Morgan fingerprint density at radius 3 is 2.76 bits per heavy atom. The Kier molecular flexibility index (Phi) is 3.37. The minimum Gasteiger partial charge on any atom is -0.458 e. The molecule has 3 aromatic rings. The molecule has 0 bridgehead atoms. The van der Waals surface area contributed by atoms with E-state index in [9.17, 15) is 4.79 Å². The second-order valence-corrected chi connectivity index (χ2v) is 5.35. The molecular weight excluding hydrogens is 264 g/mol. The van der Waals surface area contributed by atoms with Crippen LogP contribution in [-0.2, 0) is 11.2 Å². The van der Waals surface area contributed by atoms with Gasteiger partial charge in [-0.1, -0.05) is 25.1 Å². The fraction of sp³-hybridized carbons (Fsp3) is 0.294. The lowest BCUT2D eigenvalue weighted by atomic mass is 10.0. The van der Waals surface area contributed by atoms with Crippen molar-refractivity contribution in [1.29, 1.82) is 0 Å². The van der Waals surface area contributed by atoms with Gasteiger partial charge in [-0.15, -0.1) is 0 Å². The lowest BCUT2D eigenvalue weighted by molar-refractivity contribution is 0.0370. The summed E-state index contributed by atoms with van der Waals surface area (Å²) in [6.45, 7) is 5.71. The summed E-state index contributed by atoms with van der Waals surface area (Å²) in [6.07, 6.45) is 2.29. The third-order valence-corrected chi connectivity index (χ3v) is 3.54. The molecule has 108 valence electrons. The van der Waals surface area contributed by atoms with Crippen molar-refractivity contribution in [3.05, 3.63) is 41.7 Å². The summed E-state index contributed by atoms with van der Waals surface area (Å²) in [5.74, 6) is -0.353. The fourth-order valence-corrected chi connectivity index (χ4v) is 2.70. The topological polar surface area (TPSA) is 55.0 Å². The number of nitrogens with zero attached hydrogens (tertiary/aromatic N) is 1. The van der Waals surface area contributed by atoms with E-state index in [4.69, 9.17) is 4.74 Å². The molecule has 4 nitrogen and oxygen atoms in total. The number of hydrogen-bond donors (Lipinski definition) is 1. The van der Waals surface area contributed by atoms with Gasteiger partial charge in [-0.05, 0) is 31.9 Å². The van der Waals surface area contributed by atoms with Crippen molar-refractivity contribution in [3.63, 3.8) is 0 Å². The first kappa shape index (κ1) is 13.6. The molecule has 0 spiro atoms. The predicted octanol–water partition coefficient (Wildman–Crippen LogP) is 3.84. The van der Waals surface area contributed by atoms with Crippen LogP contribution in [0, 0.1) is 0 Å². The van der Waals surface area contributed by atoms with E-state index in [2.05, 4.69) is 16.0 Å². The predicted molar refractivity (Wildman–Crippen MR) is 83.5 cm³/mol. The number of aryl methyl sites for hydroxylation is 1. The Hall–Kier alpha value is -2.36. The number of aromatic amines is 1. The van der Waals surface area contributed by atoms with Gasteiger partial charge in [0, 0.05) is 16.3 Å². The van der Waals surface area contributed by atoms with Gasteiger partial charge in [0.15, 0.2) is 5.69 Å². The van der Waals surface area contributed by atoms with Gasteiger partial charge in [-0.3, -0.25) is 0 Å². The zero-order valence-corrected chi connectivity index (χ0v) is 12.4. The molecule has 0 aliphatic rings. The highest BCUT2D eigenvalue weighted by molar-refractivity contribution is 6.11. The molecule has 0 fully saturated rings. The minimum atomic E-state index is -0.353. The molecule has 0 amide bonds. The van der Waals surface area contributed by atoms with E-state index in [1.807, 2.05) is 39.0 Å². The highest BCUT2D eigenvalue weighted by Gasteiger charge is 2.19. The van der Waals surface area contributed by atoms with Crippen LogP contribution in [0.15, 0.2) is 30.5 Å². The Morgan fingerprint density at radius 1 is 1.29 bits per heavy atom. The quantitative estimate of drug-likeness (QED) is 0.742. The number of rotatable bonds is 3. The van der Waals surface area contributed by atoms with Gasteiger partial charge in [0.25, 0.3) is 0 Å². The van der Waals surface area contributed by atoms with Crippen LogP contribution in [0.2, 0.25) is 0 Å². The van der Waals surface area contributed by atoms with E-state index in [0.717, 1.165) is 33.8 Å². The first-order chi connectivity index (χ1) is 10.1. The first-order valence-electron chi connectivity index (χ1n) is 7.21. The number of benzene rings is 1. The van der Waals surface area contributed by atoms with Crippen molar-refractivity contribution in [1.82, 2.24) is 9.97 Å². The van der Waals surface area contributed by atoms with Gasteiger partial charge in [0.1, 0.15) is 0 Å². The Morgan fingerprint density at radius 2 is 2.05 bits per heavy atom. The summed E-state index contributed by atoms with van der Waals surface area (Å²) in [7, 11) is 0. The lowest BCUT2D eigenvalue weighted by Gasteiger charge is -2.11. The Labute approximate surface area is 123 Å². The van der Waals surface area contributed by atoms with E-state index in [1.165, 1.54) is 0 Å². The maximum atomic E-state index is 12.2. The Bertz CT molecular complexity index is 818. The lowest BCUT2D eigenvalue weighted by Crippen LogP contribution is -2.15. The van der Waals surface area contributed by atoms with Crippen LogP contribution >= 0.6 is 0 Å². The van der Waals surface area contributed by atoms with Crippen LogP contribution in [0.4, 0.5) is 0 Å². The number of esters is 1. The Balaban J connectivity index is 2.27. The van der Waals surface area contributed by atoms with Crippen LogP contribution in [0.1, 0.15) is 36.8 Å². The number of carbonyl (C=O) groups excluding carboxylic acids is 1. The molecule has 0 saturated heterocycles. The molecule has 1 aromatic carbocycles. The number of pyridine rings is 1. The van der Waals surface area contributed by atoms with Crippen LogP contribution in [0.3, 0.4) is 0 Å². The third-order valence-electron chi connectivity index (χ3n) is 3.54. The summed E-state index contributed by atoms with van der Waals surface area (Å²) in [5, 5.41) is 2.18. The van der Waals surface area contributed by atoms with Gasteiger partial charge in [0.2, 0.25) is 0 Å². The van der Waals surface area contributed by atoms with Gasteiger partial charge in [-0.25, -0.2) is 9.78 Å². The van der Waals surface area contributed by atoms with Gasteiger partial charge < -0.3 is 9.72 Å². The fourth-order valence-electron chi connectivity index (χ4n) is 2.70. The highest BCUT2D eigenvalue weighted by atomic mass is 16.5. The van der Waals surface area contributed by atoms with Crippen molar-refractivity contribution in [2.75, 3.05) is 0 Å². The van der Waals surface area contributed by atoms with E-state index in [0.29, 0.717) is 5.69 Å². The van der Waals surface area contributed by atoms with E-state index in [-0.39, 0.29) is 12.1 Å². The molecule has 0 radical (unpaired) electrons. The van der Waals surface area contributed by atoms with E-state index < -0.39 is 0 Å². The van der Waals surface area contributed by atoms with Crippen molar-refractivity contribution in [2.45, 2.75) is 33.3 Å². The monoisotopic (exact) mass is 282 g/mol. The van der Waals surface area contributed by atoms with Crippen molar-refractivity contribution < 1.29 is 9.53 Å². The molecule has 4 heteroatoms. The summed E-state index contributed by atoms with van der Waals surface area (Å²) in [6, 6.07) is 8.08. The van der Waals surface area contributed by atoms with Gasteiger partial charge in [0.05, 0.1) is 17.8 Å². The first-order valence-corrected chi connectivity index (χ1v) is 7.21. The number of ether oxygens (including phenoxy) is 1. The number of aromatic nitrogens is 2. The average molecular weight is 282 g/mol. The standard InChI is InChI=1S/C17H18N2O2/c1-4-11-15-12-7-5-6-8-13(12)19-14(15)9-18-16(11)17(20)21-10(2)3/h5-10,19H,4H2,1-3H3. The molecule has 2 heterocycles. The number of nitrogens with one attached hydrogen (secondary N) is 1. The molecule has 0 unspecified atom stereocenters. The van der Waals surface area contributed by atoms with Gasteiger partial charge in [-0.2, -0.15) is 0 Å². The summed E-state index contributed by atoms with van der Waals surface area (Å²) in [4.78, 5) is 19.9. The van der Waals surface area contributed by atoms with E-state index in [1.54, 1.807) is 6.20 Å². The molecule has 2 aromatic heterocycles. The molecule has 1 N–H and O–H groups in total. The maximum absolute atomic E-state index is 12.2. The van der Waals surface area contributed by atoms with Crippen molar-refractivity contribution in [3.8, 4) is 0 Å². The molecule has 0 aliphatic heterocycles. The number of para-hydroxylation sites is 1. The maximum Gasteiger partial charge on any atom is 0.357 e. The largest absolute Gasteiger partial charge is 0.458 e. The molecule has 21 heavy (non-hydrogen) atoms. The molecule has 3 rings (SSSR count). The third kappa shape index (κ3) is 2.27. The average Bonchev–Trinajstić information content (AvgIpc) is 2.84. The van der Waals surface area contributed by atoms with Crippen molar-refractivity contribution in [2.24, 2.45) is 0 Å². The summed E-state index contributed by atoms with van der Waals surface area (Å²) in [5.41, 5.74) is 3.37. The van der Waals surface area contributed by atoms with E-state index >= 15 is 0 Å². The van der Waals surface area contributed by atoms with Crippen LogP contribution in [0.25, 0.3) is 21.8 Å². The van der Waals surface area contributed by atoms with Crippen LogP contribution in [0.5, 0.6) is 0 Å². The number of hydrogen-bond acceptors (Lipinski definition) is 3. The highest BCUT2D eigenvalue weighted by Crippen LogP contribution is 2.30. The molecule has 0 atom stereocenters. The second-order valence-electron chi connectivity index (χ2n) is 5.35. The molecule has 0 aliphatic carbocycles. The minimum absolute atomic E-state index is 0.150. The zero-order chi connectivity index (χ0) is 15.0. The normalized spacial score (nSPS) is 11.4. The second kappa shape index (κ2) is 5.20. The molecule has 0 saturated carbocycles.